The number of benzene rings is 1. The van der Waals surface area contributed by atoms with Gasteiger partial charge in [-0.05, 0) is 42.8 Å². The fourth-order valence-electron chi connectivity index (χ4n) is 1.62. The van der Waals surface area contributed by atoms with Gasteiger partial charge >= 0.3 is 0 Å². The lowest BCUT2D eigenvalue weighted by Gasteiger charge is -2.17. The van der Waals surface area contributed by atoms with Gasteiger partial charge in [-0.25, -0.2) is 4.39 Å². The molecule has 3 N–H and O–H groups in total. The van der Waals surface area contributed by atoms with E-state index in [2.05, 4.69) is 10.3 Å². The topological polar surface area (TPSA) is 50.9 Å². The number of pyridine rings is 1. The second-order valence-corrected chi connectivity index (χ2v) is 3.88. The summed E-state index contributed by atoms with van der Waals surface area (Å²) in [7, 11) is 0. The molecule has 88 valence electrons. The summed E-state index contributed by atoms with van der Waals surface area (Å²) in [6, 6.07) is 8.16. The van der Waals surface area contributed by atoms with Gasteiger partial charge in [0.15, 0.2) is 0 Å². The highest BCUT2D eigenvalue weighted by Crippen LogP contribution is 2.24. The quantitative estimate of drug-likeness (QED) is 0.798. The first-order valence-corrected chi connectivity index (χ1v) is 5.38. The molecule has 0 amide bonds. The fourth-order valence-corrected chi connectivity index (χ4v) is 1.62. The zero-order valence-corrected chi connectivity index (χ0v) is 9.52. The largest absolute Gasteiger partial charge is 0.397 e. The predicted octanol–water partition coefficient (Wildman–Crippen LogP) is 2.98. The molecule has 0 aliphatic rings. The first kappa shape index (κ1) is 11.4. The van der Waals surface area contributed by atoms with Crippen molar-refractivity contribution in [1.29, 1.82) is 0 Å². The molecule has 2 rings (SSSR count). The van der Waals surface area contributed by atoms with Crippen LogP contribution in [0.3, 0.4) is 0 Å². The summed E-state index contributed by atoms with van der Waals surface area (Å²) in [5.41, 5.74) is 7.99. The number of aromatic nitrogens is 1. The van der Waals surface area contributed by atoms with E-state index in [1.807, 2.05) is 19.1 Å². The van der Waals surface area contributed by atoms with Crippen LogP contribution in [0, 0.1) is 5.82 Å². The molecule has 1 heterocycles. The van der Waals surface area contributed by atoms with Crippen LogP contribution in [0.5, 0.6) is 0 Å². The summed E-state index contributed by atoms with van der Waals surface area (Å²) in [6.45, 7) is 1.99. The predicted molar refractivity (Wildman–Crippen MR) is 67.1 cm³/mol. The molecule has 1 aromatic heterocycles. The maximum absolute atomic E-state index is 13.1. The van der Waals surface area contributed by atoms with Crippen molar-refractivity contribution >= 4 is 11.4 Å². The first-order valence-electron chi connectivity index (χ1n) is 5.38. The van der Waals surface area contributed by atoms with Crippen LogP contribution in [0.2, 0.25) is 0 Å². The Morgan fingerprint density at radius 1 is 1.24 bits per heavy atom. The van der Waals surface area contributed by atoms with Crippen LogP contribution < -0.4 is 11.1 Å². The van der Waals surface area contributed by atoms with Crippen LogP contribution >= 0.6 is 0 Å². The van der Waals surface area contributed by atoms with Crippen LogP contribution in [0.4, 0.5) is 15.8 Å². The van der Waals surface area contributed by atoms with E-state index in [-0.39, 0.29) is 11.9 Å². The molecule has 0 spiro atoms. The van der Waals surface area contributed by atoms with Gasteiger partial charge in [0.2, 0.25) is 0 Å². The van der Waals surface area contributed by atoms with Gasteiger partial charge in [-0.1, -0.05) is 0 Å². The Hall–Kier alpha value is -2.10. The smallest absolute Gasteiger partial charge is 0.125 e. The van der Waals surface area contributed by atoms with Gasteiger partial charge in [-0.2, -0.15) is 0 Å². The molecule has 1 aromatic carbocycles. The van der Waals surface area contributed by atoms with Crippen molar-refractivity contribution in [3.05, 3.63) is 54.1 Å². The Morgan fingerprint density at radius 2 is 1.94 bits per heavy atom. The van der Waals surface area contributed by atoms with Gasteiger partial charge in [0.25, 0.3) is 0 Å². The third-order valence-corrected chi connectivity index (χ3v) is 2.59. The lowest BCUT2D eigenvalue weighted by molar-refractivity contribution is 0.628. The molecular formula is C13H14FN3. The molecule has 0 saturated carbocycles. The molecule has 0 bridgehead atoms. The summed E-state index contributed by atoms with van der Waals surface area (Å²) in [5, 5.41) is 3.17. The summed E-state index contributed by atoms with van der Waals surface area (Å²) in [5.74, 6) is -0.302. The molecular weight excluding hydrogens is 217 g/mol. The standard InChI is InChI=1S/C13H14FN3/c1-9(10-4-6-16-7-5-10)17-13-8-11(14)2-3-12(13)15/h2-9,17H,15H2,1H3. The minimum Gasteiger partial charge on any atom is -0.397 e. The third kappa shape index (κ3) is 2.72. The third-order valence-electron chi connectivity index (χ3n) is 2.59. The van der Waals surface area contributed by atoms with E-state index in [1.54, 1.807) is 18.5 Å². The maximum Gasteiger partial charge on any atom is 0.125 e. The van der Waals surface area contributed by atoms with Crippen molar-refractivity contribution < 1.29 is 4.39 Å². The molecule has 4 heteroatoms. The Bertz CT molecular complexity index is 499. The first-order chi connectivity index (χ1) is 8.16. The zero-order chi connectivity index (χ0) is 12.3. The van der Waals surface area contributed by atoms with E-state index in [4.69, 9.17) is 5.73 Å². The van der Waals surface area contributed by atoms with Crippen molar-refractivity contribution in [2.45, 2.75) is 13.0 Å². The number of halogens is 1. The highest BCUT2D eigenvalue weighted by atomic mass is 19.1. The van der Waals surface area contributed by atoms with E-state index in [0.29, 0.717) is 11.4 Å². The molecule has 0 saturated heterocycles. The van der Waals surface area contributed by atoms with Crippen LogP contribution in [0.25, 0.3) is 0 Å². The number of rotatable bonds is 3. The number of nitrogen functional groups attached to an aromatic ring is 1. The van der Waals surface area contributed by atoms with E-state index in [9.17, 15) is 4.39 Å². The second-order valence-electron chi connectivity index (χ2n) is 3.88. The number of hydrogen-bond acceptors (Lipinski definition) is 3. The van der Waals surface area contributed by atoms with Crippen molar-refractivity contribution in [3.63, 3.8) is 0 Å². The van der Waals surface area contributed by atoms with Crippen LogP contribution in [0.1, 0.15) is 18.5 Å². The molecule has 0 radical (unpaired) electrons. The van der Waals surface area contributed by atoms with Gasteiger partial charge in [0, 0.05) is 18.4 Å². The molecule has 3 nitrogen and oxygen atoms in total. The zero-order valence-electron chi connectivity index (χ0n) is 9.52. The SMILES string of the molecule is CC(Nc1cc(F)ccc1N)c1ccncc1. The lowest BCUT2D eigenvalue weighted by atomic mass is 10.1. The van der Waals surface area contributed by atoms with E-state index < -0.39 is 0 Å². The van der Waals surface area contributed by atoms with Crippen LogP contribution in [-0.2, 0) is 0 Å². The van der Waals surface area contributed by atoms with Gasteiger partial charge in [0.05, 0.1) is 11.4 Å². The summed E-state index contributed by atoms with van der Waals surface area (Å²) < 4.78 is 13.1. The van der Waals surface area contributed by atoms with Gasteiger partial charge < -0.3 is 11.1 Å². The Morgan fingerprint density at radius 3 is 2.65 bits per heavy atom. The highest BCUT2D eigenvalue weighted by Gasteiger charge is 2.07. The van der Waals surface area contributed by atoms with Crippen molar-refractivity contribution in [3.8, 4) is 0 Å². The van der Waals surface area contributed by atoms with E-state index in [1.165, 1.54) is 12.1 Å². The highest BCUT2D eigenvalue weighted by molar-refractivity contribution is 5.66. The maximum atomic E-state index is 13.1. The van der Waals surface area contributed by atoms with Crippen LogP contribution in [0.15, 0.2) is 42.7 Å². The molecule has 0 aliphatic heterocycles. The molecule has 0 fully saturated rings. The van der Waals surface area contributed by atoms with Gasteiger partial charge in [-0.15, -0.1) is 0 Å². The Balaban J connectivity index is 2.18. The Kier molecular flexibility index (Phi) is 3.23. The molecule has 0 aliphatic carbocycles. The Labute approximate surface area is 99.5 Å². The number of nitrogens with two attached hydrogens (primary N) is 1. The molecule has 2 aromatic rings. The summed E-state index contributed by atoms with van der Waals surface area (Å²) in [6.07, 6.45) is 3.45. The molecule has 1 unspecified atom stereocenters. The minimum absolute atomic E-state index is 0.0436. The van der Waals surface area contributed by atoms with E-state index >= 15 is 0 Å². The number of anilines is 2. The monoisotopic (exact) mass is 231 g/mol. The average Bonchev–Trinajstić information content (AvgIpc) is 2.35. The normalized spacial score (nSPS) is 12.1. The number of nitrogens with zero attached hydrogens (tertiary/aromatic N) is 1. The van der Waals surface area contributed by atoms with Crippen molar-refractivity contribution in [2.75, 3.05) is 11.1 Å². The fraction of sp³-hybridized carbons (Fsp3) is 0.154. The number of nitrogens with one attached hydrogen (secondary N) is 1. The summed E-state index contributed by atoms with van der Waals surface area (Å²) >= 11 is 0. The summed E-state index contributed by atoms with van der Waals surface area (Å²) in [4.78, 5) is 3.95. The van der Waals surface area contributed by atoms with Crippen molar-refractivity contribution in [2.24, 2.45) is 0 Å². The molecule has 17 heavy (non-hydrogen) atoms. The number of hydrogen-bond donors (Lipinski definition) is 2. The van der Waals surface area contributed by atoms with E-state index in [0.717, 1.165) is 5.56 Å². The molecule has 1 atom stereocenters. The van der Waals surface area contributed by atoms with Gasteiger partial charge in [0.1, 0.15) is 5.82 Å². The second kappa shape index (κ2) is 4.82. The van der Waals surface area contributed by atoms with Gasteiger partial charge in [-0.3, -0.25) is 4.98 Å². The van der Waals surface area contributed by atoms with Crippen molar-refractivity contribution in [1.82, 2.24) is 4.98 Å². The minimum atomic E-state index is -0.302. The lowest BCUT2D eigenvalue weighted by Crippen LogP contribution is -2.08. The average molecular weight is 231 g/mol. The van der Waals surface area contributed by atoms with Crippen LogP contribution in [-0.4, -0.2) is 4.98 Å².